The first-order valence-electron chi connectivity index (χ1n) is 8.89. The standard InChI is InChI=1S/C21H19Cl2N3O3/c1-14-19(20(23)26(25-14)12-16-9-5-6-10-17(16)22)21(28)24-11-18(27)29-13-15-7-3-2-4-8-15/h2-10H,11-13H2,1H3,(H,24,28). The highest BCUT2D eigenvalue weighted by Gasteiger charge is 2.21. The number of nitrogens with zero attached hydrogens (tertiary/aromatic N) is 2. The van der Waals surface area contributed by atoms with Gasteiger partial charge in [-0.05, 0) is 24.1 Å². The Bertz CT molecular complexity index is 1020. The van der Waals surface area contributed by atoms with Gasteiger partial charge in [0.15, 0.2) is 0 Å². The summed E-state index contributed by atoms with van der Waals surface area (Å²) in [5, 5.41) is 7.61. The van der Waals surface area contributed by atoms with Crippen LogP contribution in [0.1, 0.15) is 27.2 Å². The van der Waals surface area contributed by atoms with E-state index in [4.69, 9.17) is 27.9 Å². The fraction of sp³-hybridized carbons (Fsp3) is 0.190. The molecule has 0 spiro atoms. The second-order valence-electron chi connectivity index (χ2n) is 6.33. The molecule has 3 rings (SSSR count). The smallest absolute Gasteiger partial charge is 0.325 e. The average molecular weight is 432 g/mol. The van der Waals surface area contributed by atoms with Crippen LogP contribution in [0.5, 0.6) is 0 Å². The number of hydrogen-bond acceptors (Lipinski definition) is 4. The lowest BCUT2D eigenvalue weighted by molar-refractivity contribution is -0.143. The van der Waals surface area contributed by atoms with Gasteiger partial charge in [0.05, 0.1) is 17.8 Å². The van der Waals surface area contributed by atoms with Crippen LogP contribution in [0, 0.1) is 6.92 Å². The van der Waals surface area contributed by atoms with Gasteiger partial charge in [-0.15, -0.1) is 0 Å². The van der Waals surface area contributed by atoms with E-state index in [9.17, 15) is 9.59 Å². The summed E-state index contributed by atoms with van der Waals surface area (Å²) in [5.41, 5.74) is 2.37. The third-order valence-corrected chi connectivity index (χ3v) is 4.96. The van der Waals surface area contributed by atoms with Gasteiger partial charge in [0.2, 0.25) is 0 Å². The molecular weight excluding hydrogens is 413 g/mol. The van der Waals surface area contributed by atoms with E-state index in [2.05, 4.69) is 10.4 Å². The summed E-state index contributed by atoms with van der Waals surface area (Å²) in [4.78, 5) is 24.4. The zero-order valence-electron chi connectivity index (χ0n) is 15.7. The topological polar surface area (TPSA) is 73.2 Å². The van der Waals surface area contributed by atoms with Crippen molar-refractivity contribution in [1.29, 1.82) is 0 Å². The maximum atomic E-state index is 12.5. The first-order chi connectivity index (χ1) is 14.0. The van der Waals surface area contributed by atoms with Gasteiger partial charge < -0.3 is 10.1 Å². The molecule has 6 nitrogen and oxygen atoms in total. The lowest BCUT2D eigenvalue weighted by Crippen LogP contribution is -2.31. The van der Waals surface area contributed by atoms with E-state index in [1.165, 1.54) is 4.68 Å². The average Bonchev–Trinajstić information content (AvgIpc) is 3.00. The number of rotatable bonds is 7. The number of nitrogens with one attached hydrogen (secondary N) is 1. The van der Waals surface area contributed by atoms with Gasteiger partial charge in [0, 0.05) is 5.02 Å². The molecule has 0 aliphatic heterocycles. The molecule has 0 radical (unpaired) electrons. The normalized spacial score (nSPS) is 10.6. The Kier molecular flexibility index (Phi) is 6.90. The van der Waals surface area contributed by atoms with Crippen LogP contribution in [0.3, 0.4) is 0 Å². The Labute approximate surface area is 178 Å². The van der Waals surface area contributed by atoms with Crippen molar-refractivity contribution in [2.45, 2.75) is 20.1 Å². The van der Waals surface area contributed by atoms with Gasteiger partial charge in [-0.25, -0.2) is 4.68 Å². The molecule has 1 N–H and O–H groups in total. The zero-order valence-corrected chi connectivity index (χ0v) is 17.2. The summed E-state index contributed by atoms with van der Waals surface area (Å²) >= 11 is 12.5. The highest BCUT2D eigenvalue weighted by atomic mass is 35.5. The number of carbonyl (C=O) groups excluding carboxylic acids is 2. The minimum Gasteiger partial charge on any atom is -0.460 e. The van der Waals surface area contributed by atoms with Crippen molar-refractivity contribution in [2.75, 3.05) is 6.54 Å². The Balaban J connectivity index is 1.60. The lowest BCUT2D eigenvalue weighted by atomic mass is 10.2. The monoisotopic (exact) mass is 431 g/mol. The van der Waals surface area contributed by atoms with E-state index in [0.717, 1.165) is 11.1 Å². The summed E-state index contributed by atoms with van der Waals surface area (Å²) in [6.07, 6.45) is 0. The van der Waals surface area contributed by atoms with Crippen LogP contribution in [0.15, 0.2) is 54.6 Å². The summed E-state index contributed by atoms with van der Waals surface area (Å²) in [6.45, 7) is 1.88. The maximum absolute atomic E-state index is 12.5. The zero-order chi connectivity index (χ0) is 20.8. The molecule has 0 aliphatic carbocycles. The molecule has 0 bridgehead atoms. The number of halogens is 2. The molecule has 0 atom stereocenters. The van der Waals surface area contributed by atoms with Gasteiger partial charge in [0.25, 0.3) is 5.91 Å². The predicted octanol–water partition coefficient (Wildman–Crippen LogP) is 4.02. The van der Waals surface area contributed by atoms with E-state index < -0.39 is 11.9 Å². The Hall–Kier alpha value is -2.83. The molecule has 1 amide bonds. The van der Waals surface area contributed by atoms with E-state index in [0.29, 0.717) is 17.3 Å². The number of benzene rings is 2. The van der Waals surface area contributed by atoms with Gasteiger partial charge in [-0.2, -0.15) is 5.10 Å². The third-order valence-electron chi connectivity index (χ3n) is 4.21. The molecule has 29 heavy (non-hydrogen) atoms. The highest BCUT2D eigenvalue weighted by molar-refractivity contribution is 6.33. The summed E-state index contributed by atoms with van der Waals surface area (Å²) in [5.74, 6) is -1.03. The molecule has 150 valence electrons. The molecule has 0 unspecified atom stereocenters. The van der Waals surface area contributed by atoms with Crippen LogP contribution < -0.4 is 5.32 Å². The summed E-state index contributed by atoms with van der Waals surface area (Å²) < 4.78 is 6.65. The molecule has 1 aromatic heterocycles. The van der Waals surface area contributed by atoms with Crippen molar-refractivity contribution >= 4 is 35.1 Å². The fourth-order valence-electron chi connectivity index (χ4n) is 2.73. The minimum absolute atomic E-state index is 0.144. The van der Waals surface area contributed by atoms with Crippen molar-refractivity contribution in [3.05, 3.63) is 87.2 Å². The van der Waals surface area contributed by atoms with Crippen LogP contribution in [-0.4, -0.2) is 28.2 Å². The van der Waals surface area contributed by atoms with Crippen molar-refractivity contribution in [3.63, 3.8) is 0 Å². The number of amides is 1. The number of carbonyl (C=O) groups is 2. The first kappa shape index (κ1) is 20.9. The minimum atomic E-state index is -0.542. The molecule has 0 saturated heterocycles. The van der Waals surface area contributed by atoms with Gasteiger partial charge >= 0.3 is 5.97 Å². The molecular formula is C21H19Cl2N3O3. The first-order valence-corrected chi connectivity index (χ1v) is 9.65. The van der Waals surface area contributed by atoms with Gasteiger partial charge in [0.1, 0.15) is 18.3 Å². The lowest BCUT2D eigenvalue weighted by Gasteiger charge is -2.07. The third kappa shape index (κ3) is 5.37. The van der Waals surface area contributed by atoms with Crippen molar-refractivity contribution < 1.29 is 14.3 Å². The SMILES string of the molecule is Cc1nn(Cc2ccccc2Cl)c(Cl)c1C(=O)NCC(=O)OCc1ccccc1. The highest BCUT2D eigenvalue weighted by Crippen LogP contribution is 2.23. The number of esters is 1. The Morgan fingerprint density at radius 2 is 1.76 bits per heavy atom. The van der Waals surface area contributed by atoms with Crippen LogP contribution in [0.2, 0.25) is 10.2 Å². The molecule has 0 aliphatic rings. The maximum Gasteiger partial charge on any atom is 0.325 e. The van der Waals surface area contributed by atoms with Crippen LogP contribution in [0.25, 0.3) is 0 Å². The molecule has 0 fully saturated rings. The molecule has 2 aromatic carbocycles. The number of aromatic nitrogens is 2. The summed E-state index contributed by atoms with van der Waals surface area (Å²) in [6, 6.07) is 16.6. The van der Waals surface area contributed by atoms with Crippen molar-refractivity contribution in [3.8, 4) is 0 Å². The molecule has 3 aromatic rings. The van der Waals surface area contributed by atoms with Crippen LogP contribution >= 0.6 is 23.2 Å². The van der Waals surface area contributed by atoms with E-state index in [1.54, 1.807) is 13.0 Å². The van der Waals surface area contributed by atoms with E-state index in [-0.39, 0.29) is 23.9 Å². The number of ether oxygens (including phenoxy) is 1. The molecule has 8 heteroatoms. The van der Waals surface area contributed by atoms with Crippen molar-refractivity contribution in [1.82, 2.24) is 15.1 Å². The van der Waals surface area contributed by atoms with Crippen LogP contribution in [0.4, 0.5) is 0 Å². The van der Waals surface area contributed by atoms with E-state index >= 15 is 0 Å². The second-order valence-corrected chi connectivity index (χ2v) is 7.09. The van der Waals surface area contributed by atoms with Gasteiger partial charge in [-0.3, -0.25) is 9.59 Å². The quantitative estimate of drug-likeness (QED) is 0.573. The Morgan fingerprint density at radius 1 is 1.07 bits per heavy atom. The van der Waals surface area contributed by atoms with E-state index in [1.807, 2.05) is 48.5 Å². The predicted molar refractivity (Wildman–Crippen MR) is 111 cm³/mol. The largest absolute Gasteiger partial charge is 0.460 e. The molecule has 1 heterocycles. The fourth-order valence-corrected chi connectivity index (χ4v) is 3.25. The molecule has 0 saturated carbocycles. The van der Waals surface area contributed by atoms with Gasteiger partial charge in [-0.1, -0.05) is 71.7 Å². The Morgan fingerprint density at radius 3 is 2.48 bits per heavy atom. The second kappa shape index (κ2) is 9.58. The number of aryl methyl sites for hydroxylation is 1. The van der Waals surface area contributed by atoms with Crippen molar-refractivity contribution in [2.24, 2.45) is 0 Å². The summed E-state index contributed by atoms with van der Waals surface area (Å²) in [7, 11) is 0. The number of hydrogen-bond donors (Lipinski definition) is 1. The van der Waals surface area contributed by atoms with Crippen LogP contribution in [-0.2, 0) is 22.7 Å².